The van der Waals surface area contributed by atoms with Crippen LogP contribution in [0.3, 0.4) is 0 Å². The number of nitrogens with zero attached hydrogens (tertiary/aromatic N) is 2. The molecule has 0 bridgehead atoms. The van der Waals surface area contributed by atoms with Gasteiger partial charge in [0.2, 0.25) is 0 Å². The second kappa shape index (κ2) is 6.05. The molecule has 0 aliphatic heterocycles. The van der Waals surface area contributed by atoms with E-state index in [9.17, 15) is 5.11 Å². The largest absolute Gasteiger partial charge is 0.386 e. The van der Waals surface area contributed by atoms with Crippen molar-refractivity contribution in [2.45, 2.75) is 25.0 Å². The van der Waals surface area contributed by atoms with Crippen LogP contribution in [-0.2, 0) is 6.42 Å². The van der Waals surface area contributed by atoms with E-state index in [0.717, 1.165) is 38.7 Å². The number of rotatable bonds is 2. The summed E-state index contributed by atoms with van der Waals surface area (Å²) in [6, 6.07) is 14.2. The average molecular weight is 417 g/mol. The minimum absolute atomic E-state index is 0.0409. The van der Waals surface area contributed by atoms with E-state index in [1.807, 2.05) is 30.3 Å². The Labute approximate surface area is 148 Å². The molecule has 1 aliphatic carbocycles. The first-order valence-electron chi connectivity index (χ1n) is 7.65. The molecule has 1 heterocycles. The van der Waals surface area contributed by atoms with Crippen LogP contribution in [0.25, 0.3) is 10.9 Å². The van der Waals surface area contributed by atoms with Gasteiger partial charge in [0.15, 0.2) is 0 Å². The fraction of sp³-hybridized carbons (Fsp3) is 0.222. The molecule has 0 amide bonds. The second-order valence-corrected chi connectivity index (χ2v) is 7.06. The molecule has 1 aromatic heterocycles. The third kappa shape index (κ3) is 2.79. The first-order valence-corrected chi connectivity index (χ1v) is 8.73. The first kappa shape index (κ1) is 14.8. The second-order valence-electron chi connectivity index (χ2n) is 5.82. The van der Waals surface area contributed by atoms with E-state index >= 15 is 0 Å². The van der Waals surface area contributed by atoms with E-state index in [1.165, 1.54) is 5.56 Å². The number of aryl methyl sites for hydroxylation is 1. The fourth-order valence-electron chi connectivity index (χ4n) is 3.21. The first-order chi connectivity index (χ1) is 11.2. The number of anilines is 1. The van der Waals surface area contributed by atoms with Gasteiger partial charge in [-0.2, -0.15) is 0 Å². The molecule has 5 heteroatoms. The Hall–Kier alpha value is -1.73. The van der Waals surface area contributed by atoms with E-state index in [2.05, 4.69) is 50.0 Å². The number of halogens is 1. The van der Waals surface area contributed by atoms with Crippen LogP contribution in [0.1, 0.15) is 23.7 Å². The van der Waals surface area contributed by atoms with Gasteiger partial charge in [-0.1, -0.05) is 24.3 Å². The molecule has 4 nitrogen and oxygen atoms in total. The Morgan fingerprint density at radius 2 is 2.00 bits per heavy atom. The molecule has 116 valence electrons. The number of benzene rings is 2. The van der Waals surface area contributed by atoms with Crippen molar-refractivity contribution in [3.8, 4) is 0 Å². The number of aliphatic hydroxyl groups excluding tert-OH is 1. The number of aliphatic hydroxyl groups is 1. The molecule has 2 unspecified atom stereocenters. The fourth-order valence-corrected chi connectivity index (χ4v) is 3.70. The zero-order chi connectivity index (χ0) is 15.8. The van der Waals surface area contributed by atoms with Crippen LogP contribution in [0.2, 0.25) is 0 Å². The number of hydrogen-bond acceptors (Lipinski definition) is 4. The van der Waals surface area contributed by atoms with Crippen LogP contribution in [0.15, 0.2) is 48.8 Å². The quantitative estimate of drug-likeness (QED) is 0.625. The zero-order valence-corrected chi connectivity index (χ0v) is 14.6. The molecular weight excluding hydrogens is 401 g/mol. The topological polar surface area (TPSA) is 58.0 Å². The molecule has 3 aromatic rings. The van der Waals surface area contributed by atoms with Crippen LogP contribution in [0, 0.1) is 3.57 Å². The highest BCUT2D eigenvalue weighted by molar-refractivity contribution is 14.1. The summed E-state index contributed by atoms with van der Waals surface area (Å²) >= 11 is 2.29. The lowest BCUT2D eigenvalue weighted by atomic mass is 9.86. The highest BCUT2D eigenvalue weighted by Gasteiger charge is 2.28. The molecule has 0 fully saturated rings. The Morgan fingerprint density at radius 1 is 1.13 bits per heavy atom. The number of hydrogen-bond donors (Lipinski definition) is 2. The SMILES string of the molecule is OC1c2ccccc2CCC1Nc1ncnc2ccc(I)cc12. The molecule has 0 saturated heterocycles. The Morgan fingerprint density at radius 3 is 2.91 bits per heavy atom. The summed E-state index contributed by atoms with van der Waals surface area (Å²) in [6.45, 7) is 0. The summed E-state index contributed by atoms with van der Waals surface area (Å²) in [4.78, 5) is 8.71. The molecule has 2 N–H and O–H groups in total. The number of fused-ring (bicyclic) bond motifs is 2. The maximum absolute atomic E-state index is 10.7. The highest BCUT2D eigenvalue weighted by atomic mass is 127. The predicted molar refractivity (Wildman–Crippen MR) is 99.4 cm³/mol. The van der Waals surface area contributed by atoms with Crippen LogP contribution in [0.5, 0.6) is 0 Å². The van der Waals surface area contributed by atoms with Crippen molar-refractivity contribution in [2.75, 3.05) is 5.32 Å². The van der Waals surface area contributed by atoms with Gasteiger partial charge in [-0.3, -0.25) is 0 Å². The van der Waals surface area contributed by atoms with Gasteiger partial charge in [0.05, 0.1) is 17.7 Å². The molecule has 2 atom stereocenters. The van der Waals surface area contributed by atoms with E-state index in [0.29, 0.717) is 0 Å². The Bertz CT molecular complexity index is 868. The summed E-state index contributed by atoms with van der Waals surface area (Å²) in [5.74, 6) is 0.789. The lowest BCUT2D eigenvalue weighted by Crippen LogP contribution is -2.32. The minimum atomic E-state index is -0.521. The van der Waals surface area contributed by atoms with Gasteiger partial charge in [0, 0.05) is 8.96 Å². The molecule has 1 aliphatic rings. The van der Waals surface area contributed by atoms with Crippen molar-refractivity contribution in [1.29, 1.82) is 0 Å². The summed E-state index contributed by atoms with van der Waals surface area (Å²) in [7, 11) is 0. The van der Waals surface area contributed by atoms with Crippen LogP contribution in [0.4, 0.5) is 5.82 Å². The maximum Gasteiger partial charge on any atom is 0.137 e. The minimum Gasteiger partial charge on any atom is -0.386 e. The third-order valence-corrected chi connectivity index (χ3v) is 5.07. The van der Waals surface area contributed by atoms with Crippen LogP contribution in [-0.4, -0.2) is 21.1 Å². The van der Waals surface area contributed by atoms with Crippen molar-refractivity contribution in [3.05, 3.63) is 63.5 Å². The maximum atomic E-state index is 10.7. The monoisotopic (exact) mass is 417 g/mol. The summed E-state index contributed by atoms with van der Waals surface area (Å²) in [5, 5.41) is 15.1. The van der Waals surface area contributed by atoms with E-state index in [4.69, 9.17) is 0 Å². The summed E-state index contributed by atoms with van der Waals surface area (Å²) < 4.78 is 1.14. The van der Waals surface area contributed by atoms with Crippen molar-refractivity contribution < 1.29 is 5.11 Å². The molecular formula is C18H16IN3O. The van der Waals surface area contributed by atoms with Crippen LogP contribution < -0.4 is 5.32 Å². The molecule has 2 aromatic carbocycles. The Balaban J connectivity index is 1.68. The normalized spacial score (nSPS) is 20.3. The van der Waals surface area contributed by atoms with Crippen molar-refractivity contribution >= 4 is 39.3 Å². The zero-order valence-electron chi connectivity index (χ0n) is 12.4. The molecule has 0 radical (unpaired) electrons. The smallest absolute Gasteiger partial charge is 0.137 e. The average Bonchev–Trinajstić information content (AvgIpc) is 2.58. The van der Waals surface area contributed by atoms with Gasteiger partial charge < -0.3 is 10.4 Å². The summed E-state index contributed by atoms with van der Waals surface area (Å²) in [5.41, 5.74) is 3.16. The van der Waals surface area contributed by atoms with Crippen molar-refractivity contribution in [3.63, 3.8) is 0 Å². The van der Waals surface area contributed by atoms with Crippen LogP contribution >= 0.6 is 22.6 Å². The van der Waals surface area contributed by atoms with Gasteiger partial charge >= 0.3 is 0 Å². The van der Waals surface area contributed by atoms with E-state index in [1.54, 1.807) is 6.33 Å². The van der Waals surface area contributed by atoms with E-state index < -0.39 is 6.10 Å². The molecule has 0 saturated carbocycles. The van der Waals surface area contributed by atoms with Gasteiger partial charge in [0.1, 0.15) is 12.1 Å². The molecule has 4 rings (SSSR count). The highest BCUT2D eigenvalue weighted by Crippen LogP contribution is 2.32. The molecule has 23 heavy (non-hydrogen) atoms. The van der Waals surface area contributed by atoms with E-state index in [-0.39, 0.29) is 6.04 Å². The van der Waals surface area contributed by atoms with Gasteiger partial charge in [0.25, 0.3) is 0 Å². The third-order valence-electron chi connectivity index (χ3n) is 4.40. The van der Waals surface area contributed by atoms with Crippen molar-refractivity contribution in [2.24, 2.45) is 0 Å². The predicted octanol–water partition coefficient (Wildman–Crippen LogP) is 3.69. The standard InChI is InChI=1S/C18H16IN3O/c19-12-6-8-15-14(9-12)18(21-10-20-15)22-16-7-5-11-3-1-2-4-13(11)17(16)23/h1-4,6,8-10,16-17,23H,5,7H2,(H,20,21,22). The van der Waals surface area contributed by atoms with Gasteiger partial charge in [-0.05, 0) is 64.8 Å². The van der Waals surface area contributed by atoms with Gasteiger partial charge in [-0.15, -0.1) is 0 Å². The Kier molecular flexibility index (Phi) is 3.90. The summed E-state index contributed by atoms with van der Waals surface area (Å²) in [6.07, 6.45) is 2.90. The number of aromatic nitrogens is 2. The number of nitrogens with one attached hydrogen (secondary N) is 1. The van der Waals surface area contributed by atoms with Crippen molar-refractivity contribution in [1.82, 2.24) is 9.97 Å². The lowest BCUT2D eigenvalue weighted by Gasteiger charge is -2.31. The molecule has 0 spiro atoms. The van der Waals surface area contributed by atoms with Gasteiger partial charge in [-0.25, -0.2) is 9.97 Å². The lowest BCUT2D eigenvalue weighted by molar-refractivity contribution is 0.142.